The van der Waals surface area contributed by atoms with E-state index in [1.807, 2.05) is 13.0 Å². The number of likely N-dealkylation sites (tertiary alicyclic amines) is 1. The van der Waals surface area contributed by atoms with Crippen LogP contribution in [0, 0.1) is 6.92 Å². The second kappa shape index (κ2) is 7.57. The van der Waals surface area contributed by atoms with Crippen molar-refractivity contribution in [2.75, 3.05) is 18.4 Å². The summed E-state index contributed by atoms with van der Waals surface area (Å²) in [5.41, 5.74) is 0.858. The Kier molecular flexibility index (Phi) is 5.24. The molecule has 1 N–H and O–H groups in total. The molecule has 1 aliphatic rings. The topological polar surface area (TPSA) is 62.6 Å². The molecular weight excluding hydrogens is 340 g/mol. The van der Waals surface area contributed by atoms with Gasteiger partial charge in [-0.25, -0.2) is 0 Å². The fraction of sp³-hybridized carbons (Fsp3) is 0.263. The molecule has 1 saturated heterocycles. The summed E-state index contributed by atoms with van der Waals surface area (Å²) in [7, 11) is 0. The Morgan fingerprint density at radius 1 is 1.20 bits per heavy atom. The lowest BCUT2D eigenvalue weighted by atomic mass is 10.1. The number of anilines is 1. The van der Waals surface area contributed by atoms with E-state index in [0.717, 1.165) is 31.7 Å². The van der Waals surface area contributed by atoms with Crippen LogP contribution in [0.5, 0.6) is 0 Å². The molecule has 0 spiro atoms. The number of amides is 2. The van der Waals surface area contributed by atoms with E-state index in [0.29, 0.717) is 22.0 Å². The number of nitrogens with one attached hydrogen (secondary N) is 1. The SMILES string of the molecule is Cc1ccc(/C=C/C(=O)Nc2cc(Cl)ccc2C(=O)N2CCCC2)o1. The number of nitrogens with zero attached hydrogens (tertiary/aromatic N) is 1. The van der Waals surface area contributed by atoms with Gasteiger partial charge in [-0.2, -0.15) is 0 Å². The van der Waals surface area contributed by atoms with Crippen molar-refractivity contribution in [2.45, 2.75) is 19.8 Å². The predicted molar refractivity (Wildman–Crippen MR) is 97.7 cm³/mol. The molecule has 5 nitrogen and oxygen atoms in total. The van der Waals surface area contributed by atoms with E-state index in [-0.39, 0.29) is 11.8 Å². The maximum absolute atomic E-state index is 12.6. The molecule has 2 aromatic rings. The molecule has 2 amide bonds. The van der Waals surface area contributed by atoms with Crippen LogP contribution >= 0.6 is 11.6 Å². The number of aryl methyl sites for hydroxylation is 1. The summed E-state index contributed by atoms with van der Waals surface area (Å²) >= 11 is 6.03. The van der Waals surface area contributed by atoms with Crippen molar-refractivity contribution in [2.24, 2.45) is 0 Å². The Hall–Kier alpha value is -2.53. The van der Waals surface area contributed by atoms with Crippen LogP contribution < -0.4 is 5.32 Å². The van der Waals surface area contributed by atoms with Crippen molar-refractivity contribution in [1.29, 1.82) is 0 Å². The van der Waals surface area contributed by atoms with Crippen molar-refractivity contribution in [1.82, 2.24) is 4.90 Å². The van der Waals surface area contributed by atoms with E-state index in [1.54, 1.807) is 35.2 Å². The highest BCUT2D eigenvalue weighted by atomic mass is 35.5. The molecule has 1 fully saturated rings. The molecule has 0 aliphatic carbocycles. The van der Waals surface area contributed by atoms with Gasteiger partial charge in [0.1, 0.15) is 11.5 Å². The average Bonchev–Trinajstić information content (AvgIpc) is 3.24. The minimum atomic E-state index is -0.355. The van der Waals surface area contributed by atoms with Crippen LogP contribution in [0.3, 0.4) is 0 Å². The quantitative estimate of drug-likeness (QED) is 0.836. The molecule has 130 valence electrons. The van der Waals surface area contributed by atoms with Gasteiger partial charge in [0.2, 0.25) is 5.91 Å². The first-order chi connectivity index (χ1) is 12.0. The van der Waals surface area contributed by atoms with E-state index in [2.05, 4.69) is 5.32 Å². The molecule has 1 aliphatic heterocycles. The second-order valence-corrected chi connectivity index (χ2v) is 6.40. The first-order valence-corrected chi connectivity index (χ1v) is 8.55. The summed E-state index contributed by atoms with van der Waals surface area (Å²) in [5.74, 6) is 0.919. The number of furan rings is 1. The molecule has 0 unspecified atom stereocenters. The highest BCUT2D eigenvalue weighted by Crippen LogP contribution is 2.24. The fourth-order valence-electron chi connectivity index (χ4n) is 2.77. The van der Waals surface area contributed by atoms with Gasteiger partial charge >= 0.3 is 0 Å². The summed E-state index contributed by atoms with van der Waals surface area (Å²) in [4.78, 5) is 26.6. The van der Waals surface area contributed by atoms with Crippen LogP contribution in [0.15, 0.2) is 40.8 Å². The molecule has 1 aromatic heterocycles. The van der Waals surface area contributed by atoms with E-state index in [9.17, 15) is 9.59 Å². The maximum atomic E-state index is 12.6. The first-order valence-electron chi connectivity index (χ1n) is 8.17. The van der Waals surface area contributed by atoms with Crippen molar-refractivity contribution < 1.29 is 14.0 Å². The first kappa shape index (κ1) is 17.3. The summed E-state index contributed by atoms with van der Waals surface area (Å²) in [6.45, 7) is 3.32. The standard InChI is InChI=1S/C19H19ClN2O3/c1-13-4-6-15(25-13)7-9-18(23)21-17-12-14(20)5-8-16(17)19(24)22-10-2-3-11-22/h4-9,12H,2-3,10-11H2,1H3,(H,21,23)/b9-7+. The molecule has 3 rings (SSSR count). The normalized spacial score (nSPS) is 14.2. The summed E-state index contributed by atoms with van der Waals surface area (Å²) in [5, 5.41) is 3.19. The van der Waals surface area contributed by atoms with E-state index in [4.69, 9.17) is 16.0 Å². The fourth-order valence-corrected chi connectivity index (χ4v) is 2.94. The van der Waals surface area contributed by atoms with Crippen LogP contribution in [0.4, 0.5) is 5.69 Å². The minimum absolute atomic E-state index is 0.0879. The average molecular weight is 359 g/mol. The van der Waals surface area contributed by atoms with Crippen LogP contribution in [0.2, 0.25) is 5.02 Å². The highest BCUT2D eigenvalue weighted by molar-refractivity contribution is 6.31. The van der Waals surface area contributed by atoms with Crippen molar-refractivity contribution >= 4 is 35.2 Å². The number of rotatable bonds is 4. The Balaban J connectivity index is 1.76. The molecule has 0 atom stereocenters. The molecule has 0 bridgehead atoms. The van der Waals surface area contributed by atoms with Crippen molar-refractivity contribution in [3.05, 3.63) is 58.5 Å². The monoisotopic (exact) mass is 358 g/mol. The van der Waals surface area contributed by atoms with Gasteiger partial charge in [-0.3, -0.25) is 9.59 Å². The molecule has 2 heterocycles. The van der Waals surface area contributed by atoms with Gasteiger partial charge in [0.25, 0.3) is 5.91 Å². The molecular formula is C19H19ClN2O3. The molecule has 0 saturated carbocycles. The van der Waals surface area contributed by atoms with Gasteiger partial charge in [0, 0.05) is 24.2 Å². The lowest BCUT2D eigenvalue weighted by Gasteiger charge is -2.18. The van der Waals surface area contributed by atoms with E-state index >= 15 is 0 Å². The van der Waals surface area contributed by atoms with Crippen molar-refractivity contribution in [3.8, 4) is 0 Å². The van der Waals surface area contributed by atoms with E-state index < -0.39 is 0 Å². The zero-order valence-corrected chi connectivity index (χ0v) is 14.7. The molecule has 25 heavy (non-hydrogen) atoms. The summed E-state index contributed by atoms with van der Waals surface area (Å²) in [6.07, 6.45) is 4.96. The van der Waals surface area contributed by atoms with Crippen LogP contribution in [-0.2, 0) is 4.79 Å². The number of hydrogen-bond acceptors (Lipinski definition) is 3. The Bertz CT molecular complexity index is 820. The third kappa shape index (κ3) is 4.31. The largest absolute Gasteiger partial charge is 0.462 e. The zero-order valence-electron chi connectivity index (χ0n) is 13.9. The van der Waals surface area contributed by atoms with Gasteiger partial charge < -0.3 is 14.6 Å². The van der Waals surface area contributed by atoms with Gasteiger partial charge in [-0.15, -0.1) is 0 Å². The maximum Gasteiger partial charge on any atom is 0.255 e. The number of carbonyl (C=O) groups is 2. The lowest BCUT2D eigenvalue weighted by molar-refractivity contribution is -0.111. The van der Waals surface area contributed by atoms with Gasteiger partial charge in [-0.05, 0) is 56.2 Å². The van der Waals surface area contributed by atoms with Gasteiger partial charge in [0.05, 0.1) is 11.3 Å². The number of hydrogen-bond donors (Lipinski definition) is 1. The Morgan fingerprint density at radius 2 is 1.96 bits per heavy atom. The minimum Gasteiger partial charge on any atom is -0.462 e. The molecule has 0 radical (unpaired) electrons. The number of benzene rings is 1. The highest BCUT2D eigenvalue weighted by Gasteiger charge is 2.22. The molecule has 6 heteroatoms. The van der Waals surface area contributed by atoms with E-state index in [1.165, 1.54) is 6.08 Å². The third-order valence-corrected chi connectivity index (χ3v) is 4.26. The third-order valence-electron chi connectivity index (χ3n) is 4.02. The summed E-state index contributed by atoms with van der Waals surface area (Å²) in [6, 6.07) is 8.50. The van der Waals surface area contributed by atoms with Gasteiger partial charge in [-0.1, -0.05) is 11.6 Å². The zero-order chi connectivity index (χ0) is 17.8. The van der Waals surface area contributed by atoms with Crippen LogP contribution in [0.1, 0.15) is 34.7 Å². The Morgan fingerprint density at radius 3 is 2.64 bits per heavy atom. The predicted octanol–water partition coefficient (Wildman–Crippen LogP) is 4.13. The second-order valence-electron chi connectivity index (χ2n) is 5.96. The molecule has 1 aromatic carbocycles. The number of carbonyl (C=O) groups excluding carboxylic acids is 2. The number of halogens is 1. The van der Waals surface area contributed by atoms with Gasteiger partial charge in [0.15, 0.2) is 0 Å². The van der Waals surface area contributed by atoms with Crippen LogP contribution in [0.25, 0.3) is 6.08 Å². The van der Waals surface area contributed by atoms with Crippen LogP contribution in [-0.4, -0.2) is 29.8 Å². The lowest BCUT2D eigenvalue weighted by Crippen LogP contribution is -2.28. The van der Waals surface area contributed by atoms with Crippen molar-refractivity contribution in [3.63, 3.8) is 0 Å². The smallest absolute Gasteiger partial charge is 0.255 e. The summed E-state index contributed by atoms with van der Waals surface area (Å²) < 4.78 is 5.38. The Labute approximate surface area is 151 Å².